The van der Waals surface area contributed by atoms with Crippen LogP contribution in [0.2, 0.25) is 0 Å². The summed E-state index contributed by atoms with van der Waals surface area (Å²) in [5.41, 5.74) is 16.6. The lowest BCUT2D eigenvalue weighted by Gasteiger charge is -2.21. The van der Waals surface area contributed by atoms with Gasteiger partial charge < -0.3 is 9.13 Å². The van der Waals surface area contributed by atoms with Gasteiger partial charge in [0.15, 0.2) is 0 Å². The Bertz CT molecular complexity index is 3890. The van der Waals surface area contributed by atoms with Crippen LogP contribution in [0.25, 0.3) is 111 Å². The van der Waals surface area contributed by atoms with Gasteiger partial charge in [-0.3, -0.25) is 0 Å². The third-order valence-corrected chi connectivity index (χ3v) is 14.3. The van der Waals surface area contributed by atoms with E-state index in [9.17, 15) is 21.0 Å². The summed E-state index contributed by atoms with van der Waals surface area (Å²) in [5.74, 6) is 0. The molecule has 0 fully saturated rings. The van der Waals surface area contributed by atoms with E-state index in [1.54, 1.807) is 0 Å². The minimum Gasteiger partial charge on any atom is -0.307 e. The molecule has 0 aliphatic heterocycles. The summed E-state index contributed by atoms with van der Waals surface area (Å²) in [6, 6.07) is 80.0. The van der Waals surface area contributed by atoms with Gasteiger partial charge in [-0.25, -0.2) is 0 Å². The van der Waals surface area contributed by atoms with E-state index in [1.165, 1.54) is 0 Å². The lowest BCUT2D eigenvalue weighted by Crippen LogP contribution is -2.07. The molecule has 0 bridgehead atoms. The molecule has 0 spiro atoms. The summed E-state index contributed by atoms with van der Waals surface area (Å²) in [6.45, 7) is 3.78. The van der Waals surface area contributed by atoms with Crippen molar-refractivity contribution in [3.8, 4) is 91.3 Å². The first-order valence-corrected chi connectivity index (χ1v) is 23.7. The average Bonchev–Trinajstić information content (AvgIpc) is 3.94. The first kappa shape index (κ1) is 43.1. The van der Waals surface area contributed by atoms with E-state index < -0.39 is 0 Å². The summed E-state index contributed by atoms with van der Waals surface area (Å²) in [6.07, 6.45) is 0. The first-order valence-electron chi connectivity index (χ1n) is 23.7. The van der Waals surface area contributed by atoms with Gasteiger partial charge >= 0.3 is 0 Å². The van der Waals surface area contributed by atoms with Crippen LogP contribution < -0.4 is 0 Å². The Morgan fingerprint density at radius 1 is 0.292 bits per heavy atom. The lowest BCUT2D eigenvalue weighted by molar-refractivity contribution is 1.13. The maximum Gasteiger partial charge on any atom is 0.102 e. The fourth-order valence-electron chi connectivity index (χ4n) is 10.8. The van der Waals surface area contributed by atoms with Crippen LogP contribution in [0.1, 0.15) is 33.4 Å². The highest BCUT2D eigenvalue weighted by molar-refractivity contribution is 6.13. The van der Waals surface area contributed by atoms with Gasteiger partial charge in [-0.05, 0) is 141 Å². The van der Waals surface area contributed by atoms with Gasteiger partial charge in [-0.15, -0.1) is 0 Å². The lowest BCUT2D eigenvalue weighted by atomic mass is 9.87. The highest BCUT2D eigenvalue weighted by Crippen LogP contribution is 2.44. The predicted octanol–water partition coefficient (Wildman–Crippen LogP) is 16.3. The van der Waals surface area contributed by atoms with Crippen LogP contribution in [-0.2, 0) is 0 Å². The summed E-state index contributed by atoms with van der Waals surface area (Å²) in [7, 11) is 0. The molecule has 0 unspecified atom stereocenters. The van der Waals surface area contributed by atoms with Crippen LogP contribution in [0.5, 0.6) is 0 Å². The number of rotatable bonds is 7. The van der Waals surface area contributed by atoms with E-state index >= 15 is 0 Å². The van der Waals surface area contributed by atoms with Gasteiger partial charge in [0.25, 0.3) is 0 Å². The van der Waals surface area contributed by atoms with Crippen molar-refractivity contribution in [2.75, 3.05) is 0 Å². The minimum absolute atomic E-state index is 0.288. The maximum absolute atomic E-state index is 11.3. The zero-order valence-electron chi connectivity index (χ0n) is 39.3. The molecule has 0 N–H and O–H groups in total. The normalized spacial score (nSPS) is 11.1. The first-order chi connectivity index (χ1) is 35.4. The van der Waals surface area contributed by atoms with Crippen molar-refractivity contribution in [2.45, 2.75) is 13.8 Å². The van der Waals surface area contributed by atoms with Crippen molar-refractivity contribution in [1.82, 2.24) is 9.13 Å². The quantitative estimate of drug-likeness (QED) is 0.159. The molecule has 6 heteroatoms. The van der Waals surface area contributed by atoms with Gasteiger partial charge in [0.2, 0.25) is 0 Å². The van der Waals surface area contributed by atoms with E-state index in [-0.39, 0.29) is 11.1 Å². The zero-order chi connectivity index (χ0) is 49.0. The molecule has 334 valence electrons. The van der Waals surface area contributed by atoms with E-state index in [2.05, 4.69) is 146 Å². The van der Waals surface area contributed by atoms with Gasteiger partial charge in [-0.2, -0.15) is 21.0 Å². The van der Waals surface area contributed by atoms with Crippen molar-refractivity contribution in [3.05, 3.63) is 240 Å². The van der Waals surface area contributed by atoms with Crippen LogP contribution in [-0.4, -0.2) is 9.13 Å². The Balaban J connectivity index is 1.08. The highest BCUT2D eigenvalue weighted by Gasteiger charge is 2.27. The Morgan fingerprint density at radius 3 is 0.792 bits per heavy atom. The fraction of sp³-hybridized carbons (Fsp3) is 0.0303. The average molecular weight is 917 g/mol. The minimum atomic E-state index is 0.288. The van der Waals surface area contributed by atoms with Gasteiger partial charge in [0.1, 0.15) is 24.3 Å². The maximum atomic E-state index is 11.3. The smallest absolute Gasteiger partial charge is 0.102 e. The van der Waals surface area contributed by atoms with Crippen molar-refractivity contribution >= 4 is 43.6 Å². The molecule has 6 nitrogen and oxygen atoms in total. The fourth-order valence-corrected chi connectivity index (χ4v) is 10.8. The third-order valence-electron chi connectivity index (χ3n) is 14.3. The van der Waals surface area contributed by atoms with Gasteiger partial charge in [0.05, 0.1) is 55.7 Å². The largest absolute Gasteiger partial charge is 0.307 e. The molecule has 0 aliphatic carbocycles. The van der Waals surface area contributed by atoms with Gasteiger partial charge in [0, 0.05) is 21.5 Å². The zero-order valence-corrected chi connectivity index (χ0v) is 39.3. The van der Waals surface area contributed by atoms with Crippen molar-refractivity contribution in [2.24, 2.45) is 0 Å². The Hall–Kier alpha value is -10.2. The predicted molar refractivity (Wildman–Crippen MR) is 291 cm³/mol. The third kappa shape index (κ3) is 6.83. The number of hydrogen-bond acceptors (Lipinski definition) is 4. The van der Waals surface area contributed by atoms with E-state index in [0.29, 0.717) is 44.8 Å². The molecule has 12 rings (SSSR count). The molecule has 0 atom stereocenters. The molecule has 10 aromatic carbocycles. The van der Waals surface area contributed by atoms with Crippen LogP contribution in [0.4, 0.5) is 0 Å². The Kier molecular flexibility index (Phi) is 10.4. The number of hydrogen-bond donors (Lipinski definition) is 0. The molecule has 0 radical (unpaired) electrons. The number of benzene rings is 10. The molecule has 2 aromatic heterocycles. The standard InChI is InChI=1S/C66H40N6/c1-41-53(35-51(37-67)65(59(41)39-69)71-61-27-23-47(43-15-7-3-8-16-43)31-55(61)56-32-48(24-28-62(56)71)44-17-9-4-10-18-44)54-36-52(38-68)66(60(40-70)42(54)2)72-63-29-25-49(45-19-11-5-12-20-45)33-57(63)58-34-50(26-30-64(58)72)46-21-13-6-14-22-46/h3-36H,1-2H3. The molecular weight excluding hydrogens is 877 g/mol. The van der Waals surface area contributed by atoms with Gasteiger partial charge in [-0.1, -0.05) is 146 Å². The van der Waals surface area contributed by atoms with E-state index in [4.69, 9.17) is 0 Å². The number of aromatic nitrogens is 2. The molecule has 0 saturated carbocycles. The molecule has 2 heterocycles. The van der Waals surface area contributed by atoms with E-state index in [1.807, 2.05) is 108 Å². The number of nitrogens with zero attached hydrogens (tertiary/aromatic N) is 6. The second-order valence-electron chi connectivity index (χ2n) is 18.2. The van der Waals surface area contributed by atoms with Crippen LogP contribution >= 0.6 is 0 Å². The summed E-state index contributed by atoms with van der Waals surface area (Å²) < 4.78 is 4.10. The Labute approximate surface area is 416 Å². The van der Waals surface area contributed by atoms with Crippen LogP contribution in [0, 0.1) is 59.2 Å². The van der Waals surface area contributed by atoms with Crippen LogP contribution in [0.3, 0.4) is 0 Å². The molecule has 0 aliphatic rings. The molecule has 0 saturated heterocycles. The number of fused-ring (bicyclic) bond motifs is 6. The van der Waals surface area contributed by atoms with Crippen LogP contribution in [0.15, 0.2) is 206 Å². The molecule has 12 aromatic rings. The molecule has 72 heavy (non-hydrogen) atoms. The van der Waals surface area contributed by atoms with Crippen molar-refractivity contribution in [1.29, 1.82) is 21.0 Å². The SMILES string of the molecule is Cc1c(-c2cc(C#N)c(-n3c4ccc(-c5ccccc5)cc4c4cc(-c5ccccc5)ccc43)c(C#N)c2C)cc(C#N)c(-n2c3ccc(-c4ccccc4)cc3c3cc(-c4ccccc4)ccc32)c1C#N. The topological polar surface area (TPSA) is 105 Å². The van der Waals surface area contributed by atoms with Crippen molar-refractivity contribution in [3.63, 3.8) is 0 Å². The Morgan fingerprint density at radius 2 is 0.556 bits per heavy atom. The number of nitriles is 4. The highest BCUT2D eigenvalue weighted by atomic mass is 15.0. The summed E-state index contributed by atoms with van der Waals surface area (Å²) >= 11 is 0. The molecule has 0 amide bonds. The monoisotopic (exact) mass is 916 g/mol. The summed E-state index contributed by atoms with van der Waals surface area (Å²) in [5, 5.41) is 48.8. The summed E-state index contributed by atoms with van der Waals surface area (Å²) in [4.78, 5) is 0. The molecular formula is C66H40N6. The van der Waals surface area contributed by atoms with E-state index in [0.717, 1.165) is 88.1 Å². The second-order valence-corrected chi connectivity index (χ2v) is 18.2. The van der Waals surface area contributed by atoms with Crippen molar-refractivity contribution < 1.29 is 0 Å². The second kappa shape index (κ2) is 17.4.